The lowest BCUT2D eigenvalue weighted by atomic mass is 10.1. The fraction of sp³-hybridized carbons (Fsp3) is 0.500. The van der Waals surface area contributed by atoms with Crippen molar-refractivity contribution in [2.75, 3.05) is 13.6 Å². The van der Waals surface area contributed by atoms with Crippen molar-refractivity contribution in [1.82, 2.24) is 9.88 Å². The molecule has 1 heterocycles. The van der Waals surface area contributed by atoms with Crippen molar-refractivity contribution in [2.24, 2.45) is 0 Å². The second-order valence-electron chi connectivity index (χ2n) is 4.53. The van der Waals surface area contributed by atoms with Gasteiger partial charge in [-0.25, -0.2) is 4.98 Å². The molecule has 0 saturated carbocycles. The largest absolute Gasteiger partial charge is 0.406 e. The van der Waals surface area contributed by atoms with Crippen LogP contribution in [-0.2, 0) is 0 Å². The average Bonchev–Trinajstić information content (AvgIpc) is 2.24. The number of aromatic nitrogens is 1. The predicted octanol–water partition coefficient (Wildman–Crippen LogP) is 3.49. The summed E-state index contributed by atoms with van der Waals surface area (Å²) in [6.07, 6.45) is -4.43. The van der Waals surface area contributed by atoms with Gasteiger partial charge in [-0.3, -0.25) is 4.79 Å². The molecule has 3 nitrogen and oxygen atoms in total. The van der Waals surface area contributed by atoms with Crippen LogP contribution in [0.1, 0.15) is 35.8 Å². The summed E-state index contributed by atoms with van der Waals surface area (Å²) >= 11 is 5.77. The summed E-state index contributed by atoms with van der Waals surface area (Å²) in [7, 11) is 1.10. The summed E-state index contributed by atoms with van der Waals surface area (Å²) in [6.45, 7) is 2.40. The molecule has 0 aromatic carbocycles. The highest BCUT2D eigenvalue weighted by atomic mass is 35.5. The molecule has 0 saturated heterocycles. The number of pyridine rings is 1. The number of hydrogen-bond donors (Lipinski definition) is 0. The van der Waals surface area contributed by atoms with E-state index in [1.165, 1.54) is 12.1 Å². The van der Waals surface area contributed by atoms with Crippen LogP contribution in [0.3, 0.4) is 0 Å². The van der Waals surface area contributed by atoms with Gasteiger partial charge in [0.2, 0.25) is 0 Å². The van der Waals surface area contributed by atoms with E-state index in [9.17, 15) is 18.0 Å². The second-order valence-corrected chi connectivity index (χ2v) is 4.92. The lowest BCUT2D eigenvalue weighted by Gasteiger charge is -2.19. The number of alkyl halides is 3. The first kappa shape index (κ1) is 15.8. The molecule has 1 aromatic heterocycles. The van der Waals surface area contributed by atoms with Crippen molar-refractivity contribution >= 4 is 17.5 Å². The van der Waals surface area contributed by atoms with E-state index < -0.39 is 18.6 Å². The molecule has 0 spiro atoms. The van der Waals surface area contributed by atoms with Crippen LogP contribution in [0.25, 0.3) is 0 Å². The Balaban J connectivity index is 2.99. The van der Waals surface area contributed by atoms with Crippen molar-refractivity contribution in [3.8, 4) is 0 Å². The monoisotopic (exact) mass is 294 g/mol. The van der Waals surface area contributed by atoms with E-state index in [0.717, 1.165) is 7.05 Å². The Bertz CT molecular complexity index is 475. The van der Waals surface area contributed by atoms with Crippen LogP contribution < -0.4 is 0 Å². The van der Waals surface area contributed by atoms with Crippen LogP contribution in [0.2, 0.25) is 5.15 Å². The van der Waals surface area contributed by atoms with Gasteiger partial charge < -0.3 is 4.90 Å². The van der Waals surface area contributed by atoms with E-state index in [0.29, 0.717) is 10.6 Å². The van der Waals surface area contributed by atoms with E-state index in [1.54, 1.807) is 0 Å². The van der Waals surface area contributed by atoms with Crippen molar-refractivity contribution in [3.05, 3.63) is 28.5 Å². The van der Waals surface area contributed by atoms with Crippen LogP contribution in [0.5, 0.6) is 0 Å². The summed E-state index contributed by atoms with van der Waals surface area (Å²) < 4.78 is 36.7. The Hall–Kier alpha value is -1.30. The number of amides is 1. The summed E-state index contributed by atoms with van der Waals surface area (Å²) in [5.41, 5.74) is 0.673. The molecule has 0 aliphatic carbocycles. The van der Waals surface area contributed by atoms with Crippen LogP contribution in [0.15, 0.2) is 12.1 Å². The Morgan fingerprint density at radius 1 is 1.42 bits per heavy atom. The van der Waals surface area contributed by atoms with E-state index in [2.05, 4.69) is 4.98 Å². The van der Waals surface area contributed by atoms with Gasteiger partial charge in [-0.15, -0.1) is 0 Å². The van der Waals surface area contributed by atoms with Gasteiger partial charge in [0, 0.05) is 18.3 Å². The maximum absolute atomic E-state index is 12.2. The normalized spacial score (nSPS) is 11.8. The highest BCUT2D eigenvalue weighted by molar-refractivity contribution is 6.29. The van der Waals surface area contributed by atoms with E-state index in [-0.39, 0.29) is 16.6 Å². The average molecular weight is 295 g/mol. The molecular weight excluding hydrogens is 281 g/mol. The van der Waals surface area contributed by atoms with Crippen LogP contribution >= 0.6 is 11.6 Å². The van der Waals surface area contributed by atoms with Crippen LogP contribution in [0, 0.1) is 0 Å². The van der Waals surface area contributed by atoms with Gasteiger partial charge in [0.15, 0.2) is 0 Å². The minimum absolute atomic E-state index is 0.0261. The molecule has 0 N–H and O–H groups in total. The van der Waals surface area contributed by atoms with E-state index >= 15 is 0 Å². The van der Waals surface area contributed by atoms with Crippen molar-refractivity contribution in [1.29, 1.82) is 0 Å². The molecular formula is C12H14ClF3N2O. The third-order valence-electron chi connectivity index (χ3n) is 2.42. The highest BCUT2D eigenvalue weighted by Gasteiger charge is 2.31. The van der Waals surface area contributed by atoms with Crippen molar-refractivity contribution in [2.45, 2.75) is 25.9 Å². The molecule has 0 unspecified atom stereocenters. The lowest BCUT2D eigenvalue weighted by Crippen LogP contribution is -2.35. The molecule has 7 heteroatoms. The minimum atomic E-state index is -4.43. The molecule has 1 aromatic rings. The molecule has 0 bridgehead atoms. The van der Waals surface area contributed by atoms with E-state index in [1.807, 2.05) is 13.8 Å². The van der Waals surface area contributed by atoms with Gasteiger partial charge in [-0.05, 0) is 18.1 Å². The zero-order chi connectivity index (χ0) is 14.8. The Morgan fingerprint density at radius 2 is 2.00 bits per heavy atom. The summed E-state index contributed by atoms with van der Waals surface area (Å²) in [5, 5.41) is 0.0926. The molecule has 19 heavy (non-hydrogen) atoms. The van der Waals surface area contributed by atoms with Crippen molar-refractivity contribution in [3.63, 3.8) is 0 Å². The molecule has 0 aliphatic heterocycles. The fourth-order valence-electron chi connectivity index (χ4n) is 1.50. The van der Waals surface area contributed by atoms with Crippen LogP contribution in [-0.4, -0.2) is 35.6 Å². The molecule has 0 aliphatic rings. The minimum Gasteiger partial charge on any atom is -0.333 e. The Morgan fingerprint density at radius 3 is 2.47 bits per heavy atom. The molecule has 0 fully saturated rings. The summed E-state index contributed by atoms with van der Waals surface area (Å²) in [5.74, 6) is -0.707. The molecule has 106 valence electrons. The quantitative estimate of drug-likeness (QED) is 0.800. The summed E-state index contributed by atoms with van der Waals surface area (Å²) in [6, 6.07) is 2.73. The van der Waals surface area contributed by atoms with E-state index in [4.69, 9.17) is 11.6 Å². The maximum atomic E-state index is 12.2. The van der Waals surface area contributed by atoms with Gasteiger partial charge in [0.05, 0.1) is 0 Å². The molecule has 0 atom stereocenters. The number of carbonyl (C=O) groups is 1. The zero-order valence-electron chi connectivity index (χ0n) is 10.8. The van der Waals surface area contributed by atoms with Crippen molar-refractivity contribution < 1.29 is 18.0 Å². The number of nitrogens with zero attached hydrogens (tertiary/aromatic N) is 2. The first-order valence-corrected chi connectivity index (χ1v) is 5.97. The van der Waals surface area contributed by atoms with Gasteiger partial charge in [0.1, 0.15) is 11.7 Å². The van der Waals surface area contributed by atoms with Gasteiger partial charge in [-0.2, -0.15) is 13.2 Å². The number of carbonyl (C=O) groups excluding carboxylic acids is 1. The smallest absolute Gasteiger partial charge is 0.333 e. The number of halogens is 4. The van der Waals surface area contributed by atoms with Gasteiger partial charge in [0.25, 0.3) is 5.91 Å². The summed E-state index contributed by atoms with van der Waals surface area (Å²) in [4.78, 5) is 16.5. The Labute approximate surface area is 114 Å². The third kappa shape index (κ3) is 4.70. The second kappa shape index (κ2) is 5.77. The molecule has 1 rings (SSSR count). The third-order valence-corrected chi connectivity index (χ3v) is 2.61. The lowest BCUT2D eigenvalue weighted by molar-refractivity contribution is -0.138. The predicted molar refractivity (Wildman–Crippen MR) is 66.4 cm³/mol. The van der Waals surface area contributed by atoms with Gasteiger partial charge in [-0.1, -0.05) is 25.4 Å². The number of rotatable bonds is 3. The van der Waals surface area contributed by atoms with Crippen LogP contribution in [0.4, 0.5) is 13.2 Å². The Kier molecular flexibility index (Phi) is 4.79. The zero-order valence-corrected chi connectivity index (χ0v) is 11.5. The fourth-order valence-corrected chi connectivity index (χ4v) is 1.71. The topological polar surface area (TPSA) is 33.2 Å². The SMILES string of the molecule is CC(C)c1cc(C(=O)N(C)CC(F)(F)F)cc(Cl)n1. The van der Waals surface area contributed by atoms with Gasteiger partial charge >= 0.3 is 6.18 Å². The first-order valence-electron chi connectivity index (χ1n) is 5.60. The molecule has 0 radical (unpaired) electrons. The maximum Gasteiger partial charge on any atom is 0.406 e. The highest BCUT2D eigenvalue weighted by Crippen LogP contribution is 2.20. The molecule has 1 amide bonds. The number of hydrogen-bond acceptors (Lipinski definition) is 2. The first-order chi connectivity index (χ1) is 8.60. The standard InChI is InChI=1S/C12H14ClF3N2O/c1-7(2)9-4-8(5-10(13)17-9)11(19)18(3)6-12(14,15)16/h4-5,7H,6H2,1-3H3.